The van der Waals surface area contributed by atoms with Gasteiger partial charge in [0.1, 0.15) is 18.1 Å². The minimum Gasteiger partial charge on any atom is -0.497 e. The van der Waals surface area contributed by atoms with E-state index in [0.29, 0.717) is 29.5 Å². The Hall–Kier alpha value is -2.95. The third kappa shape index (κ3) is 3.13. The number of methoxy groups -OCH3 is 1. The van der Waals surface area contributed by atoms with Gasteiger partial charge in [-0.05, 0) is 36.8 Å². The molecule has 0 fully saturated rings. The predicted molar refractivity (Wildman–Crippen MR) is 92.6 cm³/mol. The third-order valence-corrected chi connectivity index (χ3v) is 3.63. The van der Waals surface area contributed by atoms with Crippen molar-refractivity contribution in [3.8, 4) is 11.5 Å². The minimum atomic E-state index is 0.328. The number of aromatic nitrogens is 1. The SMILES string of the molecule is COc1cc(N)c2nc(COc3cc(C)ccc3N)ccc2c1. The fourth-order valence-electron chi connectivity index (χ4n) is 2.39. The lowest BCUT2D eigenvalue weighted by Crippen LogP contribution is -2.02. The van der Waals surface area contributed by atoms with Gasteiger partial charge in [-0.2, -0.15) is 0 Å². The van der Waals surface area contributed by atoms with Crippen LogP contribution in [0.25, 0.3) is 10.9 Å². The lowest BCUT2D eigenvalue weighted by atomic mass is 10.1. The highest BCUT2D eigenvalue weighted by Crippen LogP contribution is 2.27. The highest BCUT2D eigenvalue weighted by Gasteiger charge is 2.07. The van der Waals surface area contributed by atoms with Crippen LogP contribution in [0.3, 0.4) is 0 Å². The molecule has 0 radical (unpaired) electrons. The highest BCUT2D eigenvalue weighted by molar-refractivity contribution is 5.90. The summed E-state index contributed by atoms with van der Waals surface area (Å²) in [5, 5.41) is 0.931. The molecule has 118 valence electrons. The van der Waals surface area contributed by atoms with Gasteiger partial charge >= 0.3 is 0 Å². The number of rotatable bonds is 4. The van der Waals surface area contributed by atoms with Gasteiger partial charge in [0, 0.05) is 11.5 Å². The normalized spacial score (nSPS) is 10.7. The van der Waals surface area contributed by atoms with Crippen LogP contribution in [0.15, 0.2) is 42.5 Å². The molecule has 3 aromatic rings. The number of benzene rings is 2. The largest absolute Gasteiger partial charge is 0.497 e. The highest BCUT2D eigenvalue weighted by atomic mass is 16.5. The molecule has 5 nitrogen and oxygen atoms in total. The van der Waals surface area contributed by atoms with Crippen molar-refractivity contribution in [2.45, 2.75) is 13.5 Å². The number of hydrogen-bond acceptors (Lipinski definition) is 5. The Kier molecular flexibility index (Phi) is 3.93. The number of hydrogen-bond donors (Lipinski definition) is 2. The van der Waals surface area contributed by atoms with Crippen LogP contribution >= 0.6 is 0 Å². The maximum atomic E-state index is 6.05. The molecule has 5 heteroatoms. The van der Waals surface area contributed by atoms with Gasteiger partial charge in [-0.3, -0.25) is 0 Å². The van der Waals surface area contributed by atoms with Gasteiger partial charge in [-0.1, -0.05) is 12.1 Å². The molecule has 0 spiro atoms. The van der Waals surface area contributed by atoms with Crippen molar-refractivity contribution in [1.29, 1.82) is 0 Å². The van der Waals surface area contributed by atoms with Crippen LogP contribution in [-0.2, 0) is 6.61 Å². The first-order chi connectivity index (χ1) is 11.1. The van der Waals surface area contributed by atoms with E-state index in [9.17, 15) is 0 Å². The summed E-state index contributed by atoms with van der Waals surface area (Å²) in [6.07, 6.45) is 0. The number of ether oxygens (including phenoxy) is 2. The van der Waals surface area contributed by atoms with Crippen molar-refractivity contribution in [1.82, 2.24) is 4.98 Å². The number of fused-ring (bicyclic) bond motifs is 1. The van der Waals surface area contributed by atoms with E-state index in [-0.39, 0.29) is 0 Å². The van der Waals surface area contributed by atoms with Crippen molar-refractivity contribution in [3.63, 3.8) is 0 Å². The van der Waals surface area contributed by atoms with Gasteiger partial charge < -0.3 is 20.9 Å². The lowest BCUT2D eigenvalue weighted by Gasteiger charge is -2.11. The Labute approximate surface area is 134 Å². The quantitative estimate of drug-likeness (QED) is 0.722. The molecule has 23 heavy (non-hydrogen) atoms. The number of nitrogen functional groups attached to an aromatic ring is 2. The van der Waals surface area contributed by atoms with Crippen LogP contribution in [0.2, 0.25) is 0 Å². The molecule has 0 unspecified atom stereocenters. The van der Waals surface area contributed by atoms with Crippen molar-refractivity contribution in [2.75, 3.05) is 18.6 Å². The summed E-state index contributed by atoms with van der Waals surface area (Å²) in [7, 11) is 1.61. The second-order valence-corrected chi connectivity index (χ2v) is 5.42. The first-order valence-corrected chi connectivity index (χ1v) is 7.29. The summed E-state index contributed by atoms with van der Waals surface area (Å²) in [4.78, 5) is 4.57. The van der Waals surface area contributed by atoms with Crippen molar-refractivity contribution < 1.29 is 9.47 Å². The standard InChI is InChI=1S/C18H19N3O2/c1-11-3-6-15(19)17(7-11)23-10-13-5-4-12-8-14(22-2)9-16(20)18(12)21-13/h3-9H,10,19-20H2,1-2H3. The van der Waals surface area contributed by atoms with Crippen LogP contribution in [0.4, 0.5) is 11.4 Å². The molecule has 0 aliphatic rings. The van der Waals surface area contributed by atoms with E-state index in [1.54, 1.807) is 13.2 Å². The second kappa shape index (κ2) is 6.04. The maximum Gasteiger partial charge on any atom is 0.143 e. The van der Waals surface area contributed by atoms with Crippen LogP contribution in [-0.4, -0.2) is 12.1 Å². The average Bonchev–Trinajstić information content (AvgIpc) is 2.55. The van der Waals surface area contributed by atoms with E-state index < -0.39 is 0 Å². The third-order valence-electron chi connectivity index (χ3n) is 3.63. The first kappa shape index (κ1) is 15.0. The molecule has 3 rings (SSSR count). The Morgan fingerprint density at radius 3 is 2.61 bits per heavy atom. The maximum absolute atomic E-state index is 6.05. The fraction of sp³-hybridized carbons (Fsp3) is 0.167. The topological polar surface area (TPSA) is 83.4 Å². The molecule has 0 saturated heterocycles. The van der Waals surface area contributed by atoms with E-state index in [4.69, 9.17) is 20.9 Å². The van der Waals surface area contributed by atoms with Gasteiger partial charge in [0.2, 0.25) is 0 Å². The zero-order chi connectivity index (χ0) is 16.4. The molecule has 0 amide bonds. The van der Waals surface area contributed by atoms with Gasteiger partial charge in [-0.15, -0.1) is 0 Å². The van der Waals surface area contributed by atoms with Crippen molar-refractivity contribution in [2.24, 2.45) is 0 Å². The van der Waals surface area contributed by atoms with E-state index in [1.807, 2.05) is 43.3 Å². The van der Waals surface area contributed by atoms with Gasteiger partial charge in [0.25, 0.3) is 0 Å². The molecule has 2 aromatic carbocycles. The van der Waals surface area contributed by atoms with Gasteiger partial charge in [-0.25, -0.2) is 4.98 Å². The van der Waals surface area contributed by atoms with Gasteiger partial charge in [0.15, 0.2) is 0 Å². The second-order valence-electron chi connectivity index (χ2n) is 5.42. The zero-order valence-electron chi connectivity index (χ0n) is 13.2. The summed E-state index contributed by atoms with van der Waals surface area (Å²) in [6.45, 7) is 2.32. The zero-order valence-corrected chi connectivity index (χ0v) is 13.2. The molecule has 0 saturated carbocycles. The molecule has 0 aliphatic carbocycles. The smallest absolute Gasteiger partial charge is 0.143 e. The van der Waals surface area contributed by atoms with E-state index in [0.717, 1.165) is 22.2 Å². The van der Waals surface area contributed by atoms with E-state index in [1.165, 1.54) is 0 Å². The van der Waals surface area contributed by atoms with Crippen molar-refractivity contribution in [3.05, 3.63) is 53.7 Å². The Bertz CT molecular complexity index is 862. The van der Waals surface area contributed by atoms with E-state index >= 15 is 0 Å². The summed E-state index contributed by atoms with van der Waals surface area (Å²) < 4.78 is 11.0. The number of nitrogens with two attached hydrogens (primary N) is 2. The van der Waals surface area contributed by atoms with Gasteiger partial charge in [0.05, 0.1) is 29.7 Å². The molecule has 1 heterocycles. The fourth-order valence-corrected chi connectivity index (χ4v) is 2.39. The number of nitrogens with zero attached hydrogens (tertiary/aromatic N) is 1. The monoisotopic (exact) mass is 309 g/mol. The van der Waals surface area contributed by atoms with Crippen LogP contribution < -0.4 is 20.9 Å². The Balaban J connectivity index is 1.86. The first-order valence-electron chi connectivity index (χ1n) is 7.29. The minimum absolute atomic E-state index is 0.328. The van der Waals surface area contributed by atoms with Crippen LogP contribution in [0, 0.1) is 6.92 Å². The molecule has 0 atom stereocenters. The summed E-state index contributed by atoms with van der Waals surface area (Å²) in [6, 6.07) is 13.2. The molecular formula is C18H19N3O2. The number of aryl methyl sites for hydroxylation is 1. The lowest BCUT2D eigenvalue weighted by molar-refractivity contribution is 0.303. The molecule has 1 aromatic heterocycles. The Morgan fingerprint density at radius 2 is 1.83 bits per heavy atom. The number of anilines is 2. The van der Waals surface area contributed by atoms with Crippen molar-refractivity contribution >= 4 is 22.3 Å². The van der Waals surface area contributed by atoms with E-state index in [2.05, 4.69) is 4.98 Å². The predicted octanol–water partition coefficient (Wildman–Crippen LogP) is 3.30. The molecule has 4 N–H and O–H groups in total. The summed E-state index contributed by atoms with van der Waals surface area (Å²) in [5.74, 6) is 1.38. The Morgan fingerprint density at radius 1 is 1.00 bits per heavy atom. The number of pyridine rings is 1. The molecule has 0 aliphatic heterocycles. The van der Waals surface area contributed by atoms with Crippen LogP contribution in [0.1, 0.15) is 11.3 Å². The summed E-state index contributed by atoms with van der Waals surface area (Å²) in [5.41, 5.74) is 15.8. The van der Waals surface area contributed by atoms with Crippen LogP contribution in [0.5, 0.6) is 11.5 Å². The average molecular weight is 309 g/mol. The molecular weight excluding hydrogens is 290 g/mol. The summed E-state index contributed by atoms with van der Waals surface area (Å²) >= 11 is 0. The molecule has 0 bridgehead atoms.